The van der Waals surface area contributed by atoms with Gasteiger partial charge in [0.05, 0.1) is 12.7 Å². The lowest BCUT2D eigenvalue weighted by atomic mass is 10.2. The summed E-state index contributed by atoms with van der Waals surface area (Å²) in [5.74, 6) is -0.450. The van der Waals surface area contributed by atoms with Crippen molar-refractivity contribution in [3.63, 3.8) is 0 Å². The summed E-state index contributed by atoms with van der Waals surface area (Å²) in [4.78, 5) is 23.5. The smallest absolute Gasteiger partial charge is 0.276 e. The second-order valence-corrected chi connectivity index (χ2v) is 4.46. The second kappa shape index (κ2) is 7.69. The number of carbonyl (C=O) groups excluding carboxylic acids is 2. The highest BCUT2D eigenvalue weighted by atomic mass is 16.5. The van der Waals surface area contributed by atoms with E-state index in [4.69, 9.17) is 9.47 Å². The van der Waals surface area contributed by atoms with Crippen LogP contribution in [-0.2, 0) is 4.79 Å². The van der Waals surface area contributed by atoms with Crippen molar-refractivity contribution in [1.82, 2.24) is 10.9 Å². The van der Waals surface area contributed by atoms with Gasteiger partial charge in [-0.3, -0.25) is 20.4 Å². The van der Waals surface area contributed by atoms with Crippen molar-refractivity contribution in [1.29, 1.82) is 0 Å². The predicted molar refractivity (Wildman–Crippen MR) is 82.2 cm³/mol. The molecule has 0 unspecified atom stereocenters. The van der Waals surface area contributed by atoms with E-state index >= 15 is 0 Å². The van der Waals surface area contributed by atoms with E-state index < -0.39 is 11.8 Å². The summed E-state index contributed by atoms with van der Waals surface area (Å²) in [5.41, 5.74) is 4.45. The minimum atomic E-state index is -0.631. The number of benzene rings is 2. The number of ether oxygens (including phenoxy) is 2. The fourth-order valence-corrected chi connectivity index (χ4v) is 1.78. The average Bonchev–Trinajstić information content (AvgIpc) is 2.58. The molecule has 0 bridgehead atoms. The second-order valence-electron chi connectivity index (χ2n) is 4.46. The molecule has 7 heteroatoms. The first kappa shape index (κ1) is 16.2. The highest BCUT2D eigenvalue weighted by Crippen LogP contribution is 2.25. The van der Waals surface area contributed by atoms with Gasteiger partial charge in [0.25, 0.3) is 11.8 Å². The highest BCUT2D eigenvalue weighted by Gasteiger charge is 2.12. The molecule has 0 aliphatic heterocycles. The van der Waals surface area contributed by atoms with Crippen LogP contribution in [0.2, 0.25) is 0 Å². The highest BCUT2D eigenvalue weighted by molar-refractivity contribution is 5.97. The van der Waals surface area contributed by atoms with Crippen LogP contribution >= 0.6 is 0 Å². The van der Waals surface area contributed by atoms with Gasteiger partial charge in [-0.1, -0.05) is 24.3 Å². The van der Waals surface area contributed by atoms with Gasteiger partial charge in [-0.2, -0.15) is 0 Å². The molecule has 0 heterocycles. The van der Waals surface area contributed by atoms with Crippen molar-refractivity contribution in [2.45, 2.75) is 0 Å². The van der Waals surface area contributed by atoms with Crippen molar-refractivity contribution in [2.75, 3.05) is 13.7 Å². The summed E-state index contributed by atoms with van der Waals surface area (Å²) in [6, 6.07) is 12.9. The maximum Gasteiger partial charge on any atom is 0.276 e. The molecular weight excluding hydrogens is 300 g/mol. The molecule has 0 radical (unpaired) electrons. The number of amides is 2. The van der Waals surface area contributed by atoms with Crippen LogP contribution in [0.25, 0.3) is 0 Å². The number of para-hydroxylation sites is 3. The van der Waals surface area contributed by atoms with Crippen molar-refractivity contribution in [3.8, 4) is 17.2 Å². The minimum Gasteiger partial charge on any atom is -0.507 e. The van der Waals surface area contributed by atoms with Crippen LogP contribution in [0.4, 0.5) is 0 Å². The Balaban J connectivity index is 1.84. The van der Waals surface area contributed by atoms with Gasteiger partial charge in [-0.25, -0.2) is 0 Å². The van der Waals surface area contributed by atoms with Gasteiger partial charge < -0.3 is 14.6 Å². The molecular formula is C16H16N2O5. The van der Waals surface area contributed by atoms with E-state index in [9.17, 15) is 14.7 Å². The first-order chi connectivity index (χ1) is 11.1. The number of rotatable bonds is 5. The van der Waals surface area contributed by atoms with E-state index in [0.29, 0.717) is 11.5 Å². The standard InChI is InChI=1S/C16H16N2O5/c1-22-13-8-4-5-9-14(13)23-10-15(20)17-18-16(21)11-6-2-3-7-12(11)19/h2-9,19H,10H2,1H3,(H,17,20)(H,18,21). The molecule has 3 N–H and O–H groups in total. The number of carbonyl (C=O) groups is 2. The molecule has 2 aromatic carbocycles. The predicted octanol–water partition coefficient (Wildman–Crippen LogP) is 1.24. The number of aromatic hydroxyl groups is 1. The Bertz CT molecular complexity index is 702. The Labute approximate surface area is 132 Å². The van der Waals surface area contributed by atoms with Crippen LogP contribution in [0, 0.1) is 0 Å². The summed E-state index contributed by atoms with van der Waals surface area (Å²) in [6.07, 6.45) is 0. The van der Waals surface area contributed by atoms with Crippen LogP contribution in [-0.4, -0.2) is 30.6 Å². The van der Waals surface area contributed by atoms with Crippen LogP contribution in [0.5, 0.6) is 17.2 Å². The zero-order chi connectivity index (χ0) is 16.7. The topological polar surface area (TPSA) is 96.9 Å². The van der Waals surface area contributed by atoms with Crippen LogP contribution in [0.3, 0.4) is 0 Å². The molecule has 0 spiro atoms. The zero-order valence-electron chi connectivity index (χ0n) is 12.4. The maximum atomic E-state index is 11.8. The van der Waals surface area contributed by atoms with Crippen molar-refractivity contribution >= 4 is 11.8 Å². The zero-order valence-corrected chi connectivity index (χ0v) is 12.4. The fourth-order valence-electron chi connectivity index (χ4n) is 1.78. The van der Waals surface area contributed by atoms with E-state index in [0.717, 1.165) is 0 Å². The number of hydrazine groups is 1. The summed E-state index contributed by atoms with van der Waals surface area (Å²) in [7, 11) is 1.49. The van der Waals surface area contributed by atoms with E-state index in [1.807, 2.05) is 0 Å². The van der Waals surface area contributed by atoms with Gasteiger partial charge in [-0.15, -0.1) is 0 Å². The van der Waals surface area contributed by atoms with E-state index in [-0.39, 0.29) is 17.9 Å². The van der Waals surface area contributed by atoms with E-state index in [1.54, 1.807) is 36.4 Å². The maximum absolute atomic E-state index is 11.8. The van der Waals surface area contributed by atoms with Crippen molar-refractivity contribution < 1.29 is 24.2 Å². The molecule has 120 valence electrons. The minimum absolute atomic E-state index is 0.0541. The summed E-state index contributed by atoms with van der Waals surface area (Å²) >= 11 is 0. The molecule has 0 saturated heterocycles. The Morgan fingerprint density at radius 2 is 1.65 bits per heavy atom. The van der Waals surface area contributed by atoms with Gasteiger partial charge >= 0.3 is 0 Å². The monoisotopic (exact) mass is 316 g/mol. The summed E-state index contributed by atoms with van der Waals surface area (Å²) in [6.45, 7) is -0.304. The molecule has 2 amide bonds. The number of nitrogens with one attached hydrogen (secondary N) is 2. The van der Waals surface area contributed by atoms with E-state index in [1.165, 1.54) is 19.2 Å². The van der Waals surface area contributed by atoms with Gasteiger partial charge in [0, 0.05) is 0 Å². The lowest BCUT2D eigenvalue weighted by Gasteiger charge is -2.11. The Hall–Kier alpha value is -3.22. The van der Waals surface area contributed by atoms with Crippen molar-refractivity contribution in [2.24, 2.45) is 0 Å². The van der Waals surface area contributed by atoms with Crippen LogP contribution < -0.4 is 20.3 Å². The largest absolute Gasteiger partial charge is 0.507 e. The van der Waals surface area contributed by atoms with Crippen LogP contribution in [0.1, 0.15) is 10.4 Å². The molecule has 0 aromatic heterocycles. The van der Waals surface area contributed by atoms with E-state index in [2.05, 4.69) is 10.9 Å². The molecule has 0 fully saturated rings. The third-order valence-corrected chi connectivity index (χ3v) is 2.89. The number of methoxy groups -OCH3 is 1. The molecule has 0 atom stereocenters. The molecule has 0 saturated carbocycles. The first-order valence-electron chi connectivity index (χ1n) is 6.75. The first-order valence-corrected chi connectivity index (χ1v) is 6.75. The quantitative estimate of drug-likeness (QED) is 0.721. The third kappa shape index (κ3) is 4.37. The molecule has 2 rings (SSSR count). The number of phenols is 1. The van der Waals surface area contributed by atoms with Gasteiger partial charge in [0.1, 0.15) is 5.75 Å². The molecule has 2 aromatic rings. The lowest BCUT2D eigenvalue weighted by Crippen LogP contribution is -2.43. The lowest BCUT2D eigenvalue weighted by molar-refractivity contribution is -0.123. The molecule has 0 aliphatic rings. The van der Waals surface area contributed by atoms with Crippen LogP contribution in [0.15, 0.2) is 48.5 Å². The van der Waals surface area contributed by atoms with Gasteiger partial charge in [-0.05, 0) is 24.3 Å². The normalized spacial score (nSPS) is 9.78. The number of hydrogen-bond acceptors (Lipinski definition) is 5. The fraction of sp³-hybridized carbons (Fsp3) is 0.125. The Morgan fingerprint density at radius 3 is 2.35 bits per heavy atom. The Kier molecular flexibility index (Phi) is 5.40. The molecule has 0 aliphatic carbocycles. The third-order valence-electron chi connectivity index (χ3n) is 2.89. The number of phenolic OH excluding ortho intramolecular Hbond substituents is 1. The summed E-state index contributed by atoms with van der Waals surface area (Å²) in [5, 5.41) is 9.54. The Morgan fingerprint density at radius 1 is 1.00 bits per heavy atom. The average molecular weight is 316 g/mol. The number of hydrogen-bond donors (Lipinski definition) is 3. The van der Waals surface area contributed by atoms with Gasteiger partial charge in [0.2, 0.25) is 0 Å². The SMILES string of the molecule is COc1ccccc1OCC(=O)NNC(=O)c1ccccc1O. The summed E-state index contributed by atoms with van der Waals surface area (Å²) < 4.78 is 10.4. The van der Waals surface area contributed by atoms with Crippen molar-refractivity contribution in [3.05, 3.63) is 54.1 Å². The molecule has 7 nitrogen and oxygen atoms in total. The molecule has 23 heavy (non-hydrogen) atoms. The van der Waals surface area contributed by atoms with Gasteiger partial charge in [0.15, 0.2) is 18.1 Å².